The highest BCUT2D eigenvalue weighted by molar-refractivity contribution is 6.28. The molecule has 0 bridgehead atoms. The second-order valence-electron chi connectivity index (χ2n) is 38.8. The Morgan fingerprint density at radius 2 is 0.298 bits per heavy atom. The minimum absolute atomic E-state index is 1.09. The molecule has 0 heterocycles. The third-order valence-corrected chi connectivity index (χ3v) is 29.4. The van der Waals surface area contributed by atoms with Gasteiger partial charge in [-0.3, -0.25) is 0 Å². The predicted molar refractivity (Wildman–Crippen MR) is 602 cm³/mol. The molecule has 0 spiro atoms. The monoisotopic (exact) mass is 1800 g/mol. The molecule has 0 amide bonds. The summed E-state index contributed by atoms with van der Waals surface area (Å²) < 4.78 is 0. The van der Waals surface area contributed by atoms with E-state index in [9.17, 15) is 0 Å². The number of nitrogens with zero attached hydrogens (tertiary/aromatic N) is 4. The van der Waals surface area contributed by atoms with Gasteiger partial charge < -0.3 is 19.6 Å². The first-order valence-electron chi connectivity index (χ1n) is 49.2. The average Bonchev–Trinajstić information content (AvgIpc) is 1.48. The molecule has 24 aromatic carbocycles. The molecule has 0 saturated carbocycles. The topological polar surface area (TPSA) is 13.0 Å². The largest absolute Gasteiger partial charge is 0.309 e. The summed E-state index contributed by atoms with van der Waals surface area (Å²) in [4.78, 5) is 10.1. The van der Waals surface area contributed by atoms with Crippen LogP contribution in [0.15, 0.2) is 473 Å². The van der Waals surface area contributed by atoms with Crippen LogP contribution in [-0.4, -0.2) is 0 Å². The molecular formula is C137H102N4. The number of benzene rings is 24. The Kier molecular flexibility index (Phi) is 21.0. The van der Waals surface area contributed by atoms with E-state index in [0.717, 1.165) is 210 Å². The van der Waals surface area contributed by atoms with Gasteiger partial charge in [-0.1, -0.05) is 340 Å². The van der Waals surface area contributed by atoms with E-state index in [4.69, 9.17) is 0 Å². The fraction of sp³-hybridized carbons (Fsp3) is 0.0657. The number of aryl methyl sites for hydroxylation is 8. The van der Waals surface area contributed by atoms with E-state index in [0.29, 0.717) is 0 Å². The van der Waals surface area contributed by atoms with E-state index in [-0.39, 0.29) is 0 Å². The molecule has 1 aliphatic rings. The fourth-order valence-corrected chi connectivity index (χ4v) is 23.7. The van der Waals surface area contributed by atoms with Gasteiger partial charge >= 0.3 is 0 Å². The summed E-state index contributed by atoms with van der Waals surface area (Å²) in [6.45, 7) is 17.7. The van der Waals surface area contributed by atoms with Crippen LogP contribution in [0.4, 0.5) is 68.2 Å². The molecule has 0 aromatic heterocycles. The standard InChI is InChI=1S/C137H102N4/c1-87-37-29-45-101(73-87)138(102-46-30-38-88(2)74-102)133-119-63-17-9-55-111(119)129(112-56-10-18-64-120(112)133)95-81-96(130-113-57-11-19-65-121(113)134(122-66-20-12-58-114(122)130)139(103-47-31-39-89(3)75-103)104-48-32-40-90(4)76-104)84-99(83-95)137(127-71-27-25-53-109(127)110-54-26-28-72-128(110)137)100-85-97(131-115-59-13-21-67-123(115)135(124-68-22-14-60-116(124)131)140(105-49-33-41-91(5)77-105)106-50-34-42-92(6)78-106)82-98(86-100)132-117-61-15-23-69-125(117)136(126-70-24-16-62-118(126)132)141(107-51-35-43-93(7)79-107)108-52-36-44-94(8)80-108/h9-86H,1-8H3. The minimum Gasteiger partial charge on any atom is -0.309 e. The maximum absolute atomic E-state index is 2.65. The molecule has 0 aliphatic heterocycles. The van der Waals surface area contributed by atoms with E-state index in [1.165, 1.54) is 66.8 Å². The van der Waals surface area contributed by atoms with E-state index >= 15 is 0 Å². The zero-order chi connectivity index (χ0) is 94.8. The van der Waals surface area contributed by atoms with Crippen LogP contribution >= 0.6 is 0 Å². The molecule has 670 valence electrons. The normalized spacial score (nSPS) is 12.2. The lowest BCUT2D eigenvalue weighted by Gasteiger charge is -2.36. The highest BCUT2D eigenvalue weighted by atomic mass is 15.2. The average molecular weight is 1800 g/mol. The third kappa shape index (κ3) is 14.3. The van der Waals surface area contributed by atoms with Gasteiger partial charge in [-0.05, 0) is 354 Å². The van der Waals surface area contributed by atoms with Crippen molar-refractivity contribution < 1.29 is 0 Å². The van der Waals surface area contributed by atoms with Crippen molar-refractivity contribution in [3.63, 3.8) is 0 Å². The maximum atomic E-state index is 2.65. The van der Waals surface area contributed by atoms with Crippen molar-refractivity contribution >= 4 is 154 Å². The van der Waals surface area contributed by atoms with Crippen molar-refractivity contribution in [1.82, 2.24) is 0 Å². The van der Waals surface area contributed by atoms with Crippen LogP contribution in [0.5, 0.6) is 0 Å². The van der Waals surface area contributed by atoms with E-state index in [1.54, 1.807) is 0 Å². The van der Waals surface area contributed by atoms with Gasteiger partial charge in [0.15, 0.2) is 0 Å². The van der Waals surface area contributed by atoms with Gasteiger partial charge in [-0.25, -0.2) is 0 Å². The molecule has 4 nitrogen and oxygen atoms in total. The SMILES string of the molecule is Cc1cccc(N(c2cccc(C)c2)c2c3ccccc3c(-c3cc(-c4c5ccccc5c(N(c5cccc(C)c5)c5cccc(C)c5)c5ccccc45)cc(C4(c5cc(-c6c7ccccc7c(N(c7cccc(C)c7)c7cccc(C)c7)c7ccccc67)cc(-c6c7ccccc7c(N(c7cccc(C)c7)c7cccc(C)c7)c7ccccc67)c5)c5ccccc5-c5ccccc54)c3)c3ccccc23)c1. The molecule has 0 unspecified atom stereocenters. The van der Waals surface area contributed by atoms with Crippen LogP contribution in [0.3, 0.4) is 0 Å². The quantitative estimate of drug-likeness (QED) is 0.0794. The van der Waals surface area contributed by atoms with Crippen LogP contribution in [-0.2, 0) is 5.41 Å². The van der Waals surface area contributed by atoms with E-state index in [1.807, 2.05) is 0 Å². The Morgan fingerprint density at radius 3 is 0.468 bits per heavy atom. The van der Waals surface area contributed by atoms with E-state index in [2.05, 4.69) is 548 Å². The molecule has 4 heteroatoms. The molecule has 0 atom stereocenters. The predicted octanol–water partition coefficient (Wildman–Crippen LogP) is 38.3. The maximum Gasteiger partial charge on any atom is 0.0714 e. The summed E-state index contributed by atoms with van der Waals surface area (Å²) in [5, 5.41) is 18.2. The number of anilines is 12. The summed E-state index contributed by atoms with van der Waals surface area (Å²) in [5.74, 6) is 0. The van der Waals surface area contributed by atoms with Crippen LogP contribution in [0.1, 0.15) is 66.8 Å². The van der Waals surface area contributed by atoms with Crippen molar-refractivity contribution in [2.75, 3.05) is 19.6 Å². The number of fused-ring (bicyclic) bond motifs is 11. The zero-order valence-corrected chi connectivity index (χ0v) is 80.3. The lowest BCUT2D eigenvalue weighted by Crippen LogP contribution is -2.29. The number of hydrogen-bond donors (Lipinski definition) is 0. The minimum atomic E-state index is -1.11. The van der Waals surface area contributed by atoms with Crippen molar-refractivity contribution in [2.24, 2.45) is 0 Å². The summed E-state index contributed by atoms with van der Waals surface area (Å²) in [6, 6.07) is 181. The first-order valence-corrected chi connectivity index (χ1v) is 49.2. The molecule has 0 fully saturated rings. The van der Waals surface area contributed by atoms with Gasteiger partial charge in [0.1, 0.15) is 0 Å². The fourth-order valence-electron chi connectivity index (χ4n) is 23.7. The molecule has 0 radical (unpaired) electrons. The van der Waals surface area contributed by atoms with Crippen molar-refractivity contribution in [3.05, 3.63) is 540 Å². The lowest BCUT2D eigenvalue weighted by molar-refractivity contribution is 0.770. The Morgan fingerprint density at radius 1 is 0.142 bits per heavy atom. The Labute approximate surface area is 824 Å². The summed E-state index contributed by atoms with van der Waals surface area (Å²) in [7, 11) is 0. The number of hydrogen-bond acceptors (Lipinski definition) is 4. The highest BCUT2D eigenvalue weighted by Gasteiger charge is 2.48. The van der Waals surface area contributed by atoms with Gasteiger partial charge in [0.2, 0.25) is 0 Å². The van der Waals surface area contributed by atoms with E-state index < -0.39 is 5.41 Å². The Hall–Kier alpha value is -17.4. The van der Waals surface area contributed by atoms with Crippen molar-refractivity contribution in [3.8, 4) is 55.6 Å². The summed E-state index contributed by atoms with van der Waals surface area (Å²) in [5.41, 5.74) is 37.5. The molecule has 0 saturated heterocycles. The number of rotatable bonds is 18. The van der Waals surface area contributed by atoms with Gasteiger partial charge in [0.25, 0.3) is 0 Å². The van der Waals surface area contributed by atoms with Gasteiger partial charge in [0.05, 0.1) is 28.2 Å². The van der Waals surface area contributed by atoms with Crippen LogP contribution in [0, 0.1) is 55.4 Å². The summed E-state index contributed by atoms with van der Waals surface area (Å²) >= 11 is 0. The molecule has 141 heavy (non-hydrogen) atoms. The molecular weight excluding hydrogens is 1700 g/mol. The second kappa shape index (κ2) is 34.7. The third-order valence-electron chi connectivity index (χ3n) is 29.4. The van der Waals surface area contributed by atoms with Crippen molar-refractivity contribution in [1.29, 1.82) is 0 Å². The Balaban J connectivity index is 0.859. The molecule has 1 aliphatic carbocycles. The van der Waals surface area contributed by atoms with Gasteiger partial charge in [-0.15, -0.1) is 0 Å². The van der Waals surface area contributed by atoms with Crippen LogP contribution in [0.25, 0.3) is 142 Å². The first-order chi connectivity index (χ1) is 69.2. The molecule has 24 aromatic rings. The molecule has 25 rings (SSSR count). The lowest BCUT2D eigenvalue weighted by atomic mass is 9.65. The Bertz CT molecular complexity index is 7820. The smallest absolute Gasteiger partial charge is 0.0714 e. The van der Waals surface area contributed by atoms with Gasteiger partial charge in [-0.2, -0.15) is 0 Å². The van der Waals surface area contributed by atoms with Gasteiger partial charge in [0, 0.05) is 88.6 Å². The highest BCUT2D eigenvalue weighted by Crippen LogP contribution is 2.62. The van der Waals surface area contributed by atoms with Crippen LogP contribution in [0.2, 0.25) is 0 Å². The first kappa shape index (κ1) is 85.2. The molecule has 0 N–H and O–H groups in total. The zero-order valence-electron chi connectivity index (χ0n) is 80.3. The second-order valence-corrected chi connectivity index (χ2v) is 38.8. The van der Waals surface area contributed by atoms with Crippen molar-refractivity contribution in [2.45, 2.75) is 60.8 Å². The summed E-state index contributed by atoms with van der Waals surface area (Å²) in [6.07, 6.45) is 0. The van der Waals surface area contributed by atoms with Crippen LogP contribution < -0.4 is 19.6 Å².